The molecule has 0 radical (unpaired) electrons. The van der Waals surface area contributed by atoms with Crippen LogP contribution in [-0.2, 0) is 11.3 Å². The van der Waals surface area contributed by atoms with Gasteiger partial charge in [0.05, 0.1) is 30.6 Å². The van der Waals surface area contributed by atoms with E-state index in [9.17, 15) is 4.79 Å². The van der Waals surface area contributed by atoms with Gasteiger partial charge in [-0.3, -0.25) is 4.79 Å². The number of nitrogens with zero attached hydrogens (tertiary/aromatic N) is 4. The van der Waals surface area contributed by atoms with Crippen molar-refractivity contribution in [2.45, 2.75) is 32.6 Å². The van der Waals surface area contributed by atoms with E-state index in [0.717, 1.165) is 41.5 Å². The van der Waals surface area contributed by atoms with Crippen molar-refractivity contribution in [1.82, 2.24) is 20.1 Å². The lowest BCUT2D eigenvalue weighted by atomic mass is 10.1. The number of rotatable bonds is 7. The summed E-state index contributed by atoms with van der Waals surface area (Å²) in [5.41, 5.74) is 3.74. The second kappa shape index (κ2) is 10.8. The molecule has 2 unspecified atom stereocenters. The topological polar surface area (TPSA) is 81.5 Å². The van der Waals surface area contributed by atoms with Crippen LogP contribution in [-0.4, -0.2) is 53.1 Å². The van der Waals surface area contributed by atoms with Crippen LogP contribution in [0.2, 0.25) is 0 Å². The highest BCUT2D eigenvalue weighted by Gasteiger charge is 2.23. The van der Waals surface area contributed by atoms with Crippen LogP contribution in [0.5, 0.6) is 5.75 Å². The quantitative estimate of drug-likeness (QED) is 0.405. The molecule has 1 fully saturated rings. The number of nitrogens with one attached hydrogen (secondary N) is 1. The molecule has 0 bridgehead atoms. The summed E-state index contributed by atoms with van der Waals surface area (Å²) in [6.07, 6.45) is 3.92. The molecule has 2 aromatic heterocycles. The summed E-state index contributed by atoms with van der Waals surface area (Å²) in [7, 11) is 1.63. The lowest BCUT2D eigenvalue weighted by molar-refractivity contribution is -0.00546. The lowest BCUT2D eigenvalue weighted by Crippen LogP contribution is -2.45. The Hall–Kier alpha value is -4.17. The minimum atomic E-state index is -0.201. The second-order valence-corrected chi connectivity index (χ2v) is 9.27. The van der Waals surface area contributed by atoms with Crippen LogP contribution in [0.25, 0.3) is 16.9 Å². The number of amides is 1. The lowest BCUT2D eigenvalue weighted by Gasteiger charge is -2.36. The molecule has 8 heteroatoms. The molecule has 2 aromatic carbocycles. The van der Waals surface area contributed by atoms with Crippen molar-refractivity contribution >= 4 is 11.7 Å². The zero-order valence-corrected chi connectivity index (χ0v) is 21.3. The standard InChI is InChI=1S/C29H31N5O3/c1-20-17-33(18-21(2)37-20)27-14-9-22(15-30-27)16-31-29(35)26-19-34(24-7-5-4-6-8-24)32-28(26)23-10-12-25(36-3)13-11-23/h4-15,19-21H,16-18H2,1-3H3,(H,31,35). The van der Waals surface area contributed by atoms with Gasteiger partial charge in [-0.25, -0.2) is 9.67 Å². The maximum atomic E-state index is 13.3. The molecule has 5 rings (SSSR count). The fourth-order valence-corrected chi connectivity index (χ4v) is 4.57. The summed E-state index contributed by atoms with van der Waals surface area (Å²) in [6, 6.07) is 21.3. The maximum absolute atomic E-state index is 13.3. The first-order valence-electron chi connectivity index (χ1n) is 12.4. The number of aromatic nitrogens is 3. The van der Waals surface area contributed by atoms with E-state index in [1.807, 2.05) is 72.9 Å². The third-order valence-corrected chi connectivity index (χ3v) is 6.35. The van der Waals surface area contributed by atoms with Crippen molar-refractivity contribution in [3.8, 4) is 22.7 Å². The number of hydrogen-bond acceptors (Lipinski definition) is 6. The van der Waals surface area contributed by atoms with Crippen molar-refractivity contribution in [2.75, 3.05) is 25.1 Å². The van der Waals surface area contributed by atoms with Crippen LogP contribution in [0.1, 0.15) is 29.8 Å². The molecule has 0 spiro atoms. The van der Waals surface area contributed by atoms with Gasteiger partial charge in [0.15, 0.2) is 0 Å². The Morgan fingerprint density at radius 2 is 1.76 bits per heavy atom. The molecule has 1 aliphatic heterocycles. The van der Waals surface area contributed by atoms with Crippen molar-refractivity contribution in [1.29, 1.82) is 0 Å². The maximum Gasteiger partial charge on any atom is 0.255 e. The van der Waals surface area contributed by atoms with Crippen molar-refractivity contribution in [3.63, 3.8) is 0 Å². The Balaban J connectivity index is 1.33. The Morgan fingerprint density at radius 1 is 1.03 bits per heavy atom. The molecule has 1 saturated heterocycles. The number of ether oxygens (including phenoxy) is 2. The number of carbonyl (C=O) groups excluding carboxylic acids is 1. The average molecular weight is 498 g/mol. The number of pyridine rings is 1. The van der Waals surface area contributed by atoms with E-state index in [1.54, 1.807) is 18.0 Å². The number of anilines is 1. The molecule has 2 atom stereocenters. The van der Waals surface area contributed by atoms with E-state index in [-0.39, 0.29) is 18.1 Å². The predicted octanol–water partition coefficient (Wildman–Crippen LogP) is 4.49. The SMILES string of the molecule is COc1ccc(-c2nn(-c3ccccc3)cc2C(=O)NCc2ccc(N3CC(C)OC(C)C3)nc2)cc1. The number of methoxy groups -OCH3 is 1. The Kier molecular flexibility index (Phi) is 7.18. The fourth-order valence-electron chi connectivity index (χ4n) is 4.57. The van der Waals surface area contributed by atoms with E-state index >= 15 is 0 Å². The van der Waals surface area contributed by atoms with Gasteiger partial charge in [0.1, 0.15) is 17.3 Å². The van der Waals surface area contributed by atoms with E-state index in [4.69, 9.17) is 14.6 Å². The van der Waals surface area contributed by atoms with Gasteiger partial charge in [-0.05, 0) is 61.9 Å². The first kappa shape index (κ1) is 24.5. The molecule has 1 aliphatic rings. The molecule has 0 saturated carbocycles. The first-order chi connectivity index (χ1) is 18.0. The van der Waals surface area contributed by atoms with Crippen LogP contribution < -0.4 is 15.0 Å². The van der Waals surface area contributed by atoms with Gasteiger partial charge in [-0.15, -0.1) is 0 Å². The summed E-state index contributed by atoms with van der Waals surface area (Å²) >= 11 is 0. The predicted molar refractivity (Wildman–Crippen MR) is 143 cm³/mol. The summed E-state index contributed by atoms with van der Waals surface area (Å²) in [4.78, 5) is 20.2. The number of benzene rings is 2. The summed E-state index contributed by atoms with van der Waals surface area (Å²) in [5.74, 6) is 1.46. The van der Waals surface area contributed by atoms with Crippen LogP contribution in [0, 0.1) is 0 Å². The van der Waals surface area contributed by atoms with Gasteiger partial charge < -0.3 is 19.7 Å². The minimum absolute atomic E-state index is 0.168. The Labute approximate surface area is 216 Å². The average Bonchev–Trinajstić information content (AvgIpc) is 3.38. The van der Waals surface area contributed by atoms with Crippen molar-refractivity contribution in [2.24, 2.45) is 0 Å². The normalized spacial score (nSPS) is 17.4. The van der Waals surface area contributed by atoms with Crippen LogP contribution in [0.3, 0.4) is 0 Å². The van der Waals surface area contributed by atoms with E-state index in [2.05, 4.69) is 29.0 Å². The molecule has 0 aliphatic carbocycles. The molecule has 3 heterocycles. The van der Waals surface area contributed by atoms with Crippen LogP contribution >= 0.6 is 0 Å². The number of carbonyl (C=O) groups is 1. The van der Waals surface area contributed by atoms with Gasteiger partial charge in [0.2, 0.25) is 0 Å². The highest BCUT2D eigenvalue weighted by atomic mass is 16.5. The second-order valence-electron chi connectivity index (χ2n) is 9.27. The monoisotopic (exact) mass is 497 g/mol. The van der Waals surface area contributed by atoms with Crippen LogP contribution in [0.15, 0.2) is 79.1 Å². The molecule has 1 N–H and O–H groups in total. The van der Waals surface area contributed by atoms with Crippen LogP contribution in [0.4, 0.5) is 5.82 Å². The molecule has 8 nitrogen and oxygen atoms in total. The number of morpholine rings is 1. The third-order valence-electron chi connectivity index (χ3n) is 6.35. The Bertz CT molecular complexity index is 1330. The molecule has 190 valence electrons. The fraction of sp³-hybridized carbons (Fsp3) is 0.276. The molecular weight excluding hydrogens is 466 g/mol. The van der Waals surface area contributed by atoms with E-state index < -0.39 is 0 Å². The number of hydrogen-bond donors (Lipinski definition) is 1. The molecule has 1 amide bonds. The van der Waals surface area contributed by atoms with Crippen molar-refractivity contribution < 1.29 is 14.3 Å². The number of para-hydroxylation sites is 1. The third kappa shape index (κ3) is 5.65. The smallest absolute Gasteiger partial charge is 0.255 e. The van der Waals surface area contributed by atoms with Gasteiger partial charge >= 0.3 is 0 Å². The molecule has 4 aromatic rings. The van der Waals surface area contributed by atoms with E-state index in [1.165, 1.54) is 0 Å². The summed E-state index contributed by atoms with van der Waals surface area (Å²) < 4.78 is 12.8. The zero-order chi connectivity index (χ0) is 25.8. The van der Waals surface area contributed by atoms with Crippen molar-refractivity contribution in [3.05, 3.63) is 90.3 Å². The first-order valence-corrected chi connectivity index (χ1v) is 12.4. The molecule has 37 heavy (non-hydrogen) atoms. The van der Waals surface area contributed by atoms with Gasteiger partial charge in [0, 0.05) is 37.6 Å². The minimum Gasteiger partial charge on any atom is -0.497 e. The van der Waals surface area contributed by atoms with E-state index in [0.29, 0.717) is 17.8 Å². The summed E-state index contributed by atoms with van der Waals surface area (Å²) in [6.45, 7) is 6.14. The Morgan fingerprint density at radius 3 is 2.41 bits per heavy atom. The van der Waals surface area contributed by atoms with Gasteiger partial charge in [-0.2, -0.15) is 5.10 Å². The highest BCUT2D eigenvalue weighted by molar-refractivity contribution is 5.99. The zero-order valence-electron chi connectivity index (χ0n) is 21.3. The largest absolute Gasteiger partial charge is 0.497 e. The summed E-state index contributed by atoms with van der Waals surface area (Å²) in [5, 5.41) is 7.78. The van der Waals surface area contributed by atoms with Gasteiger partial charge in [0.25, 0.3) is 5.91 Å². The highest BCUT2D eigenvalue weighted by Crippen LogP contribution is 2.26. The molecular formula is C29H31N5O3. The van der Waals surface area contributed by atoms with Gasteiger partial charge in [-0.1, -0.05) is 24.3 Å².